The van der Waals surface area contributed by atoms with Gasteiger partial charge in [0.2, 0.25) is 0 Å². The molecule has 124 valence electrons. The zero-order valence-corrected chi connectivity index (χ0v) is 14.6. The maximum absolute atomic E-state index is 12.7. The van der Waals surface area contributed by atoms with Crippen LogP contribution >= 0.6 is 11.3 Å². The molecule has 0 bridgehead atoms. The highest BCUT2D eigenvalue weighted by Gasteiger charge is 2.36. The average Bonchev–Trinajstić information content (AvgIpc) is 3.18. The topological polar surface area (TPSA) is 68.7 Å². The van der Waals surface area contributed by atoms with E-state index in [0.717, 1.165) is 5.69 Å². The predicted molar refractivity (Wildman–Crippen MR) is 87.6 cm³/mol. The Morgan fingerprint density at radius 3 is 2.91 bits per heavy atom. The van der Waals surface area contributed by atoms with Crippen LogP contribution in [0.2, 0.25) is 0 Å². The summed E-state index contributed by atoms with van der Waals surface area (Å²) in [6.45, 7) is 2.64. The van der Waals surface area contributed by atoms with Crippen LogP contribution in [0.4, 0.5) is 0 Å². The number of aromatic nitrogens is 1. The molecular weight excluding hydrogens is 336 g/mol. The van der Waals surface area contributed by atoms with E-state index in [1.165, 1.54) is 22.8 Å². The van der Waals surface area contributed by atoms with Gasteiger partial charge in [0, 0.05) is 12.7 Å². The molecule has 1 saturated heterocycles. The van der Waals surface area contributed by atoms with Crippen molar-refractivity contribution in [1.82, 2.24) is 9.29 Å². The van der Waals surface area contributed by atoms with E-state index in [2.05, 4.69) is 4.98 Å². The van der Waals surface area contributed by atoms with Gasteiger partial charge < -0.3 is 9.47 Å². The van der Waals surface area contributed by atoms with E-state index in [4.69, 9.17) is 9.47 Å². The van der Waals surface area contributed by atoms with Gasteiger partial charge in [-0.05, 0) is 36.9 Å². The Bertz CT molecular complexity index is 788. The molecule has 1 aliphatic heterocycles. The van der Waals surface area contributed by atoms with Crippen molar-refractivity contribution in [3.8, 4) is 11.5 Å². The molecule has 3 rings (SSSR count). The Labute approximate surface area is 139 Å². The number of sulfonamides is 1. The molecule has 2 aromatic heterocycles. The SMILES string of the molecule is COc1ccsc1S(=O)(=O)N1CCC(Oc2cccnc2C)C1. The first-order chi connectivity index (χ1) is 11.0. The largest absolute Gasteiger partial charge is 0.494 e. The number of hydrogen-bond donors (Lipinski definition) is 0. The van der Waals surface area contributed by atoms with Crippen LogP contribution in [-0.4, -0.2) is 44.0 Å². The van der Waals surface area contributed by atoms with Crippen molar-refractivity contribution >= 4 is 21.4 Å². The molecule has 1 aliphatic rings. The smallest absolute Gasteiger partial charge is 0.256 e. The third kappa shape index (κ3) is 3.19. The normalized spacial score (nSPS) is 19.0. The summed E-state index contributed by atoms with van der Waals surface area (Å²) in [7, 11) is -2.07. The zero-order valence-electron chi connectivity index (χ0n) is 12.9. The lowest BCUT2D eigenvalue weighted by Crippen LogP contribution is -2.30. The summed E-state index contributed by atoms with van der Waals surface area (Å²) in [5, 5.41) is 1.72. The first kappa shape index (κ1) is 16.2. The van der Waals surface area contributed by atoms with Crippen molar-refractivity contribution in [2.45, 2.75) is 23.7 Å². The zero-order chi connectivity index (χ0) is 16.4. The quantitative estimate of drug-likeness (QED) is 0.824. The fourth-order valence-corrected chi connectivity index (χ4v) is 5.43. The van der Waals surface area contributed by atoms with Crippen molar-refractivity contribution in [2.24, 2.45) is 0 Å². The van der Waals surface area contributed by atoms with Crippen LogP contribution in [0.5, 0.6) is 11.5 Å². The molecule has 1 atom stereocenters. The van der Waals surface area contributed by atoms with Crippen molar-refractivity contribution in [2.75, 3.05) is 20.2 Å². The van der Waals surface area contributed by atoms with E-state index in [9.17, 15) is 8.42 Å². The van der Waals surface area contributed by atoms with E-state index in [0.29, 0.717) is 31.0 Å². The summed E-state index contributed by atoms with van der Waals surface area (Å²) in [6.07, 6.45) is 2.19. The van der Waals surface area contributed by atoms with Gasteiger partial charge in [-0.25, -0.2) is 8.42 Å². The number of pyridine rings is 1. The summed E-state index contributed by atoms with van der Waals surface area (Å²) < 4.78 is 38.2. The van der Waals surface area contributed by atoms with Crippen LogP contribution in [0.15, 0.2) is 34.0 Å². The van der Waals surface area contributed by atoms with E-state index >= 15 is 0 Å². The summed E-state index contributed by atoms with van der Waals surface area (Å²) >= 11 is 1.17. The average molecular weight is 354 g/mol. The highest BCUT2D eigenvalue weighted by molar-refractivity contribution is 7.91. The van der Waals surface area contributed by atoms with Gasteiger partial charge in [-0.1, -0.05) is 0 Å². The number of thiophene rings is 1. The van der Waals surface area contributed by atoms with Crippen LogP contribution < -0.4 is 9.47 Å². The predicted octanol–water partition coefficient (Wildman–Crippen LogP) is 2.30. The van der Waals surface area contributed by atoms with Crippen molar-refractivity contribution in [1.29, 1.82) is 0 Å². The Balaban J connectivity index is 1.73. The van der Waals surface area contributed by atoms with Crippen LogP contribution in [0.25, 0.3) is 0 Å². The molecule has 0 amide bonds. The van der Waals surface area contributed by atoms with E-state index in [-0.39, 0.29) is 10.3 Å². The molecule has 0 N–H and O–H groups in total. The lowest BCUT2D eigenvalue weighted by molar-refractivity contribution is 0.213. The molecule has 23 heavy (non-hydrogen) atoms. The molecule has 3 heterocycles. The first-order valence-corrected chi connectivity index (χ1v) is 9.54. The third-order valence-electron chi connectivity index (χ3n) is 3.75. The second-order valence-electron chi connectivity index (χ2n) is 5.25. The molecule has 0 radical (unpaired) electrons. The van der Waals surface area contributed by atoms with Gasteiger partial charge in [0.25, 0.3) is 10.0 Å². The van der Waals surface area contributed by atoms with E-state index in [1.807, 2.05) is 19.1 Å². The molecule has 6 nitrogen and oxygen atoms in total. The highest BCUT2D eigenvalue weighted by Crippen LogP contribution is 2.34. The minimum Gasteiger partial charge on any atom is -0.494 e. The van der Waals surface area contributed by atoms with Gasteiger partial charge >= 0.3 is 0 Å². The standard InChI is InChI=1S/C15H18N2O4S2/c1-11-13(4-3-7-16-11)21-12-5-8-17(10-12)23(18,19)15-14(20-2)6-9-22-15/h3-4,6-7,9,12H,5,8,10H2,1-2H3. The number of aryl methyl sites for hydroxylation is 1. The van der Waals surface area contributed by atoms with E-state index < -0.39 is 10.0 Å². The molecule has 8 heteroatoms. The maximum atomic E-state index is 12.7. The Morgan fingerprint density at radius 2 is 2.17 bits per heavy atom. The van der Waals surface area contributed by atoms with Crippen LogP contribution in [-0.2, 0) is 10.0 Å². The highest BCUT2D eigenvalue weighted by atomic mass is 32.2. The van der Waals surface area contributed by atoms with Crippen LogP contribution in [0.3, 0.4) is 0 Å². The molecule has 1 unspecified atom stereocenters. The summed E-state index contributed by atoms with van der Waals surface area (Å²) in [4.78, 5) is 4.18. The maximum Gasteiger partial charge on any atom is 0.256 e. The Hall–Kier alpha value is -1.64. The van der Waals surface area contributed by atoms with Crippen molar-refractivity contribution in [3.63, 3.8) is 0 Å². The number of nitrogens with zero attached hydrogens (tertiary/aromatic N) is 2. The molecule has 0 spiro atoms. The molecule has 0 aromatic carbocycles. The molecule has 2 aromatic rings. The lowest BCUT2D eigenvalue weighted by atomic mass is 10.3. The molecule has 1 fully saturated rings. The number of ether oxygens (including phenoxy) is 2. The van der Waals surface area contributed by atoms with Gasteiger partial charge in [0.15, 0.2) is 4.21 Å². The van der Waals surface area contributed by atoms with Gasteiger partial charge in [0.05, 0.1) is 19.3 Å². The van der Waals surface area contributed by atoms with Gasteiger partial charge in [-0.3, -0.25) is 4.98 Å². The lowest BCUT2D eigenvalue weighted by Gasteiger charge is -2.17. The minimum atomic E-state index is -3.54. The summed E-state index contributed by atoms with van der Waals surface area (Å²) in [5.41, 5.74) is 0.800. The first-order valence-electron chi connectivity index (χ1n) is 7.22. The number of hydrogen-bond acceptors (Lipinski definition) is 6. The Kier molecular flexibility index (Phi) is 4.56. The second kappa shape index (κ2) is 6.46. The summed E-state index contributed by atoms with van der Waals surface area (Å²) in [6, 6.07) is 5.32. The minimum absolute atomic E-state index is 0.168. The van der Waals surface area contributed by atoms with Gasteiger partial charge in [0.1, 0.15) is 17.6 Å². The molecule has 0 saturated carbocycles. The van der Waals surface area contributed by atoms with Crippen LogP contribution in [0, 0.1) is 6.92 Å². The summed E-state index contributed by atoms with van der Waals surface area (Å²) in [5.74, 6) is 1.09. The number of rotatable bonds is 5. The fraction of sp³-hybridized carbons (Fsp3) is 0.400. The monoisotopic (exact) mass is 354 g/mol. The second-order valence-corrected chi connectivity index (χ2v) is 8.30. The van der Waals surface area contributed by atoms with Gasteiger partial charge in [-0.2, -0.15) is 4.31 Å². The van der Waals surface area contributed by atoms with Crippen LogP contribution in [0.1, 0.15) is 12.1 Å². The molecular formula is C15H18N2O4S2. The van der Waals surface area contributed by atoms with Gasteiger partial charge in [-0.15, -0.1) is 11.3 Å². The Morgan fingerprint density at radius 1 is 1.35 bits per heavy atom. The molecule has 0 aliphatic carbocycles. The number of methoxy groups -OCH3 is 1. The van der Waals surface area contributed by atoms with Crippen molar-refractivity contribution in [3.05, 3.63) is 35.5 Å². The fourth-order valence-electron chi connectivity index (χ4n) is 2.53. The third-order valence-corrected chi connectivity index (χ3v) is 7.04. The van der Waals surface area contributed by atoms with Crippen molar-refractivity contribution < 1.29 is 17.9 Å². The van der Waals surface area contributed by atoms with E-state index in [1.54, 1.807) is 17.6 Å².